The van der Waals surface area contributed by atoms with E-state index < -0.39 is 0 Å². The molecular formula is C17H15N5. The smallest absolute Gasteiger partial charge is 0.203 e. The van der Waals surface area contributed by atoms with E-state index in [2.05, 4.69) is 21.6 Å². The molecule has 1 heterocycles. The maximum atomic E-state index is 9.39. The van der Waals surface area contributed by atoms with E-state index in [4.69, 9.17) is 0 Å². The van der Waals surface area contributed by atoms with Gasteiger partial charge >= 0.3 is 0 Å². The number of hydrogen-bond donors (Lipinski definition) is 1. The van der Waals surface area contributed by atoms with Crippen LogP contribution in [-0.4, -0.2) is 15.3 Å². The molecule has 0 amide bonds. The number of aryl methyl sites for hydroxylation is 2. The second kappa shape index (κ2) is 5.70. The highest BCUT2D eigenvalue weighted by molar-refractivity contribution is 6.11. The van der Waals surface area contributed by atoms with Gasteiger partial charge in [-0.3, -0.25) is 5.43 Å². The Balaban J connectivity index is 1.98. The normalized spacial score (nSPS) is 11.4. The van der Waals surface area contributed by atoms with Gasteiger partial charge in [-0.25, -0.2) is 4.98 Å². The molecule has 0 saturated heterocycles. The predicted octanol–water partition coefficient (Wildman–Crippen LogP) is 3.22. The number of nitrogens with one attached hydrogen (secondary N) is 1. The van der Waals surface area contributed by atoms with Crippen molar-refractivity contribution in [3.05, 3.63) is 59.9 Å². The first-order chi connectivity index (χ1) is 10.7. The van der Waals surface area contributed by atoms with Gasteiger partial charge in [-0.15, -0.1) is 0 Å². The van der Waals surface area contributed by atoms with E-state index in [0.717, 1.165) is 22.3 Å². The van der Waals surface area contributed by atoms with Crippen molar-refractivity contribution >= 4 is 22.4 Å². The number of aromatic nitrogens is 2. The van der Waals surface area contributed by atoms with Gasteiger partial charge < -0.3 is 4.57 Å². The minimum Gasteiger partial charge on any atom is -0.325 e. The average Bonchev–Trinajstić information content (AvgIpc) is 2.86. The van der Waals surface area contributed by atoms with Crippen LogP contribution in [0.15, 0.2) is 53.6 Å². The van der Waals surface area contributed by atoms with E-state index in [0.29, 0.717) is 5.82 Å². The quantitative estimate of drug-likeness (QED) is 0.594. The Morgan fingerprint density at radius 2 is 2.05 bits per heavy atom. The highest BCUT2D eigenvalue weighted by Crippen LogP contribution is 2.15. The molecule has 3 rings (SSSR count). The van der Waals surface area contributed by atoms with Crippen molar-refractivity contribution in [2.24, 2.45) is 12.1 Å². The summed E-state index contributed by atoms with van der Waals surface area (Å²) in [5, 5.41) is 13.6. The van der Waals surface area contributed by atoms with Gasteiger partial charge in [0.15, 0.2) is 5.82 Å². The van der Waals surface area contributed by atoms with E-state index in [9.17, 15) is 5.26 Å². The molecule has 0 bridgehead atoms. The van der Waals surface area contributed by atoms with Gasteiger partial charge in [-0.2, -0.15) is 10.4 Å². The maximum Gasteiger partial charge on any atom is 0.203 e. The molecule has 108 valence electrons. The van der Waals surface area contributed by atoms with Crippen LogP contribution in [-0.2, 0) is 7.05 Å². The number of nitrogens with zero attached hydrogens (tertiary/aromatic N) is 4. The molecule has 0 aliphatic heterocycles. The first-order valence-corrected chi connectivity index (χ1v) is 6.91. The second-order valence-corrected chi connectivity index (χ2v) is 5.04. The number of rotatable bonds is 3. The molecular weight excluding hydrogens is 274 g/mol. The number of fused-ring (bicyclic) bond motifs is 1. The lowest BCUT2D eigenvalue weighted by Gasteiger charge is -2.03. The van der Waals surface area contributed by atoms with Crippen LogP contribution >= 0.6 is 0 Å². The highest BCUT2D eigenvalue weighted by Gasteiger charge is 2.13. The molecule has 1 N–H and O–H groups in total. The number of hydrogen-bond acceptors (Lipinski definition) is 4. The summed E-state index contributed by atoms with van der Waals surface area (Å²) < 4.78 is 1.87. The van der Waals surface area contributed by atoms with Crippen LogP contribution in [0.1, 0.15) is 11.4 Å². The minimum absolute atomic E-state index is 0.250. The monoisotopic (exact) mass is 289 g/mol. The average molecular weight is 289 g/mol. The van der Waals surface area contributed by atoms with Crippen LogP contribution in [0, 0.1) is 18.3 Å². The fourth-order valence-corrected chi connectivity index (χ4v) is 2.32. The molecule has 0 saturated carbocycles. The molecule has 0 aliphatic carbocycles. The molecule has 0 aliphatic rings. The van der Waals surface area contributed by atoms with Gasteiger partial charge in [0.2, 0.25) is 5.71 Å². The first kappa shape index (κ1) is 13.8. The molecule has 22 heavy (non-hydrogen) atoms. The van der Waals surface area contributed by atoms with Crippen molar-refractivity contribution in [1.29, 1.82) is 5.26 Å². The molecule has 0 atom stereocenters. The van der Waals surface area contributed by atoms with Crippen LogP contribution in [0.4, 0.5) is 5.69 Å². The summed E-state index contributed by atoms with van der Waals surface area (Å²) in [7, 11) is 1.88. The summed E-state index contributed by atoms with van der Waals surface area (Å²) in [5.41, 5.74) is 6.95. The van der Waals surface area contributed by atoms with Crippen LogP contribution in [0.2, 0.25) is 0 Å². The molecule has 3 aromatic rings. The third-order valence-electron chi connectivity index (χ3n) is 3.42. The first-order valence-electron chi connectivity index (χ1n) is 6.91. The number of benzene rings is 2. The van der Waals surface area contributed by atoms with Gasteiger partial charge in [0.05, 0.1) is 16.7 Å². The summed E-state index contributed by atoms with van der Waals surface area (Å²) in [6, 6.07) is 17.7. The Morgan fingerprint density at radius 1 is 1.23 bits per heavy atom. The zero-order chi connectivity index (χ0) is 15.5. The topological polar surface area (TPSA) is 66.0 Å². The predicted molar refractivity (Wildman–Crippen MR) is 87.7 cm³/mol. The number of hydrazone groups is 1. The van der Waals surface area contributed by atoms with Gasteiger partial charge in [0.25, 0.3) is 0 Å². The van der Waals surface area contributed by atoms with Crippen LogP contribution < -0.4 is 5.43 Å². The van der Waals surface area contributed by atoms with Crippen molar-refractivity contribution in [3.8, 4) is 6.07 Å². The van der Waals surface area contributed by atoms with E-state index in [1.165, 1.54) is 0 Å². The molecule has 0 fully saturated rings. The molecule has 5 nitrogen and oxygen atoms in total. The Morgan fingerprint density at radius 3 is 2.77 bits per heavy atom. The number of para-hydroxylation sites is 2. The standard InChI is InChI=1S/C17H15N5/c1-12-6-5-7-13(10-12)20-21-15(11-18)17-19-14-8-3-4-9-16(14)22(17)2/h3-10,20H,1-2H3. The van der Waals surface area contributed by atoms with E-state index in [1.807, 2.05) is 67.1 Å². The van der Waals surface area contributed by atoms with E-state index in [-0.39, 0.29) is 5.71 Å². The molecule has 0 unspecified atom stereocenters. The summed E-state index contributed by atoms with van der Waals surface area (Å²) in [5.74, 6) is 0.545. The van der Waals surface area contributed by atoms with Crippen molar-refractivity contribution in [2.45, 2.75) is 6.92 Å². The van der Waals surface area contributed by atoms with Crippen molar-refractivity contribution < 1.29 is 0 Å². The van der Waals surface area contributed by atoms with Crippen LogP contribution in [0.25, 0.3) is 11.0 Å². The largest absolute Gasteiger partial charge is 0.325 e. The lowest BCUT2D eigenvalue weighted by atomic mass is 10.2. The van der Waals surface area contributed by atoms with Crippen LogP contribution in [0.3, 0.4) is 0 Å². The fraction of sp³-hybridized carbons (Fsp3) is 0.118. The Hall–Kier alpha value is -3.13. The van der Waals surface area contributed by atoms with Crippen molar-refractivity contribution in [3.63, 3.8) is 0 Å². The van der Waals surface area contributed by atoms with Gasteiger partial charge in [0, 0.05) is 7.05 Å². The number of nitriles is 1. The Kier molecular flexibility index (Phi) is 3.58. The van der Waals surface area contributed by atoms with E-state index >= 15 is 0 Å². The maximum absolute atomic E-state index is 9.39. The SMILES string of the molecule is Cc1cccc(NN=C(C#N)c2nc3ccccc3n2C)c1. The summed E-state index contributed by atoms with van der Waals surface area (Å²) in [4.78, 5) is 4.48. The molecule has 5 heteroatoms. The van der Waals surface area contributed by atoms with Crippen LogP contribution in [0.5, 0.6) is 0 Å². The Bertz CT molecular complexity index is 899. The Labute approximate surface area is 128 Å². The highest BCUT2D eigenvalue weighted by atomic mass is 15.3. The molecule has 0 spiro atoms. The van der Waals surface area contributed by atoms with Gasteiger partial charge in [0.1, 0.15) is 6.07 Å². The molecule has 2 aromatic carbocycles. The zero-order valence-electron chi connectivity index (χ0n) is 12.4. The van der Waals surface area contributed by atoms with Gasteiger partial charge in [-0.05, 0) is 36.8 Å². The third-order valence-corrected chi connectivity index (χ3v) is 3.42. The van der Waals surface area contributed by atoms with Gasteiger partial charge in [-0.1, -0.05) is 24.3 Å². The van der Waals surface area contributed by atoms with E-state index in [1.54, 1.807) is 0 Å². The molecule has 1 aromatic heterocycles. The third kappa shape index (κ3) is 2.54. The lowest BCUT2D eigenvalue weighted by molar-refractivity contribution is 0.929. The number of imidazole rings is 1. The zero-order valence-corrected chi connectivity index (χ0v) is 12.4. The second-order valence-electron chi connectivity index (χ2n) is 5.04. The minimum atomic E-state index is 0.250. The number of anilines is 1. The summed E-state index contributed by atoms with van der Waals surface area (Å²) >= 11 is 0. The molecule has 0 radical (unpaired) electrons. The van der Waals surface area contributed by atoms with Crippen molar-refractivity contribution in [2.75, 3.05) is 5.43 Å². The fourth-order valence-electron chi connectivity index (χ4n) is 2.32. The van der Waals surface area contributed by atoms with Crippen molar-refractivity contribution in [1.82, 2.24) is 9.55 Å². The summed E-state index contributed by atoms with van der Waals surface area (Å²) in [6.07, 6.45) is 0. The lowest BCUT2D eigenvalue weighted by Crippen LogP contribution is -2.08. The summed E-state index contributed by atoms with van der Waals surface area (Å²) in [6.45, 7) is 2.01.